The van der Waals surface area contributed by atoms with Gasteiger partial charge in [-0.2, -0.15) is 0 Å². The molecule has 244 valence electrons. The minimum absolute atomic E-state index is 0.0744. The number of nitrogens with two attached hydrogens (primary N) is 1. The lowest BCUT2D eigenvalue weighted by Crippen LogP contribution is -2.37. The molecule has 0 aromatic carbocycles. The van der Waals surface area contributed by atoms with Crippen LogP contribution in [0.3, 0.4) is 0 Å². The zero-order valence-electron chi connectivity index (χ0n) is 27.2. The Bertz CT molecular complexity index is 1230. The molecule has 0 fully saturated rings. The van der Waals surface area contributed by atoms with Gasteiger partial charge in [-0.1, -0.05) is 38.2 Å². The van der Waals surface area contributed by atoms with Gasteiger partial charge in [0.25, 0.3) is 5.91 Å². The number of methoxy groups -OCH3 is 2. The monoisotopic (exact) mass is 615 g/mol. The maximum absolute atomic E-state index is 13.7. The SMILES string of the molecule is CO[C@H]1/C=C\C=C(/C)C(=O)NC2=CC(=O)C(CCCN(C)C)=C(C[C@@H](C)C[C@H](OC)[C@H](O)[C@@H](C)/C=C(\C)[C@@H]1OC(N)=O)C2=O. The number of aliphatic hydroxyl groups is 1. The molecule has 1 aliphatic carbocycles. The van der Waals surface area contributed by atoms with Crippen LogP contribution >= 0.6 is 0 Å². The Morgan fingerprint density at radius 3 is 2.41 bits per heavy atom. The molecule has 2 aliphatic rings. The lowest BCUT2D eigenvalue weighted by atomic mass is 9.82. The third kappa shape index (κ3) is 10.4. The molecule has 2 rings (SSSR count). The van der Waals surface area contributed by atoms with Gasteiger partial charge < -0.3 is 35.3 Å². The van der Waals surface area contributed by atoms with Crippen LogP contribution in [-0.4, -0.2) is 92.8 Å². The standard InChI is InChI=1S/C33H49N3O8/c1-19-15-24-23(12-10-14-36(5)6)26(37)18-25(30(24)39)35-32(40)20(2)11-9-13-27(42-7)31(44-33(34)41)22(4)17-21(3)29(38)28(16-19)43-8/h9,11,13,17-19,21,27-29,31,38H,10,12,14-16H2,1-8H3,(H2,34,41)(H,35,40)/b13-9-,20-11+,22-17+/t19-,21+,27+,28+,29-,31+/m1/s1. The van der Waals surface area contributed by atoms with E-state index in [1.165, 1.54) is 26.4 Å². The Morgan fingerprint density at radius 1 is 1.14 bits per heavy atom. The molecule has 0 spiro atoms. The first-order valence-electron chi connectivity index (χ1n) is 14.9. The number of hydrogen-bond acceptors (Lipinski definition) is 9. The van der Waals surface area contributed by atoms with Gasteiger partial charge in [0.05, 0.1) is 17.9 Å². The molecule has 1 aliphatic heterocycles. The van der Waals surface area contributed by atoms with E-state index in [4.69, 9.17) is 19.9 Å². The van der Waals surface area contributed by atoms with Crippen molar-refractivity contribution < 1.29 is 38.5 Å². The first-order valence-corrected chi connectivity index (χ1v) is 14.9. The van der Waals surface area contributed by atoms with E-state index in [-0.39, 0.29) is 29.4 Å². The molecular weight excluding hydrogens is 566 g/mol. The van der Waals surface area contributed by atoms with Gasteiger partial charge in [0.15, 0.2) is 11.9 Å². The van der Waals surface area contributed by atoms with Gasteiger partial charge in [-0.25, -0.2) is 4.79 Å². The average molecular weight is 616 g/mol. The summed E-state index contributed by atoms with van der Waals surface area (Å²) < 4.78 is 16.6. The molecule has 0 unspecified atom stereocenters. The van der Waals surface area contributed by atoms with Crippen molar-refractivity contribution in [1.82, 2.24) is 10.2 Å². The maximum Gasteiger partial charge on any atom is 0.405 e. The summed E-state index contributed by atoms with van der Waals surface area (Å²) in [6.45, 7) is 7.82. The van der Waals surface area contributed by atoms with E-state index in [0.717, 1.165) is 6.54 Å². The summed E-state index contributed by atoms with van der Waals surface area (Å²) >= 11 is 0. The lowest BCUT2D eigenvalue weighted by Gasteiger charge is -2.30. The van der Waals surface area contributed by atoms with E-state index in [1.807, 2.05) is 32.8 Å². The van der Waals surface area contributed by atoms with E-state index in [0.29, 0.717) is 36.0 Å². The van der Waals surface area contributed by atoms with Crippen LogP contribution in [-0.2, 0) is 28.6 Å². The van der Waals surface area contributed by atoms with Crippen molar-refractivity contribution in [3.8, 4) is 0 Å². The largest absolute Gasteiger partial charge is 0.439 e. The molecule has 11 heteroatoms. The number of fused-ring (bicyclic) bond motifs is 2. The molecule has 0 aromatic heterocycles. The van der Waals surface area contributed by atoms with Gasteiger partial charge >= 0.3 is 6.09 Å². The smallest absolute Gasteiger partial charge is 0.405 e. The number of carbonyl (C=O) groups is 4. The molecule has 2 bridgehead atoms. The molecule has 6 atom stereocenters. The van der Waals surface area contributed by atoms with Crippen molar-refractivity contribution in [2.24, 2.45) is 17.6 Å². The number of ether oxygens (including phenoxy) is 3. The van der Waals surface area contributed by atoms with Crippen LogP contribution in [0.4, 0.5) is 4.79 Å². The Balaban J connectivity index is 2.60. The van der Waals surface area contributed by atoms with Crippen molar-refractivity contribution >= 4 is 23.6 Å². The number of nitrogens with zero attached hydrogens (tertiary/aromatic N) is 1. The van der Waals surface area contributed by atoms with Crippen LogP contribution in [0.15, 0.2) is 58.4 Å². The second kappa shape index (κ2) is 17.2. The fourth-order valence-electron chi connectivity index (χ4n) is 5.49. The van der Waals surface area contributed by atoms with Crippen LogP contribution in [0.5, 0.6) is 0 Å². The number of hydrogen-bond donors (Lipinski definition) is 3. The van der Waals surface area contributed by atoms with Gasteiger partial charge in [0, 0.05) is 42.9 Å². The highest BCUT2D eigenvalue weighted by atomic mass is 16.6. The van der Waals surface area contributed by atoms with E-state index in [1.54, 1.807) is 32.1 Å². The van der Waals surface area contributed by atoms with Crippen molar-refractivity contribution in [2.75, 3.05) is 34.9 Å². The van der Waals surface area contributed by atoms with Crippen molar-refractivity contribution in [3.63, 3.8) is 0 Å². The van der Waals surface area contributed by atoms with E-state index in [9.17, 15) is 24.3 Å². The summed E-state index contributed by atoms with van der Waals surface area (Å²) in [6.07, 6.45) is 5.25. The van der Waals surface area contributed by atoms with E-state index >= 15 is 0 Å². The maximum atomic E-state index is 13.7. The normalized spacial score (nSPS) is 31.0. The number of ketones is 2. The molecule has 0 aromatic rings. The summed E-state index contributed by atoms with van der Waals surface area (Å²) in [4.78, 5) is 53.9. The van der Waals surface area contributed by atoms with Crippen molar-refractivity contribution in [2.45, 2.75) is 77.8 Å². The third-order valence-corrected chi connectivity index (χ3v) is 7.94. The average Bonchev–Trinajstić information content (AvgIpc) is 2.95. The van der Waals surface area contributed by atoms with Crippen LogP contribution in [0.25, 0.3) is 0 Å². The summed E-state index contributed by atoms with van der Waals surface area (Å²) in [6, 6.07) is 0. The van der Waals surface area contributed by atoms with Gasteiger partial charge in [-0.15, -0.1) is 0 Å². The molecule has 11 nitrogen and oxygen atoms in total. The number of nitrogens with one attached hydrogen (secondary N) is 1. The molecule has 4 N–H and O–H groups in total. The Kier molecular flexibility index (Phi) is 14.4. The van der Waals surface area contributed by atoms with Crippen molar-refractivity contribution in [3.05, 3.63) is 58.4 Å². The highest BCUT2D eigenvalue weighted by molar-refractivity contribution is 6.23. The van der Waals surface area contributed by atoms with Gasteiger partial charge in [0.1, 0.15) is 6.10 Å². The summed E-state index contributed by atoms with van der Waals surface area (Å²) in [5.74, 6) is -1.82. The predicted octanol–water partition coefficient (Wildman–Crippen LogP) is 3.15. The number of primary amides is 1. The Labute approximate surface area is 260 Å². The fraction of sp³-hybridized carbons (Fsp3) is 0.576. The molecular formula is C33H49N3O8. The van der Waals surface area contributed by atoms with Gasteiger partial charge in [0.2, 0.25) is 5.78 Å². The number of amides is 2. The first kappa shape index (κ1) is 36.8. The zero-order chi connectivity index (χ0) is 33.1. The summed E-state index contributed by atoms with van der Waals surface area (Å²) in [7, 11) is 6.84. The minimum atomic E-state index is -0.992. The second-order valence-corrected chi connectivity index (χ2v) is 11.9. The highest BCUT2D eigenvalue weighted by Gasteiger charge is 2.33. The second-order valence-electron chi connectivity index (χ2n) is 11.9. The minimum Gasteiger partial charge on any atom is -0.439 e. The van der Waals surface area contributed by atoms with Crippen LogP contribution in [0, 0.1) is 11.8 Å². The van der Waals surface area contributed by atoms with Crippen molar-refractivity contribution in [1.29, 1.82) is 0 Å². The molecule has 0 saturated carbocycles. The van der Waals surface area contributed by atoms with Crippen LogP contribution in [0.1, 0.15) is 53.4 Å². The summed E-state index contributed by atoms with van der Waals surface area (Å²) in [5, 5.41) is 13.9. The third-order valence-electron chi connectivity index (χ3n) is 7.94. The molecule has 0 radical (unpaired) electrons. The lowest BCUT2D eigenvalue weighted by molar-refractivity contribution is -0.120. The summed E-state index contributed by atoms with van der Waals surface area (Å²) in [5.41, 5.74) is 6.98. The first-order chi connectivity index (χ1) is 20.7. The topological polar surface area (TPSA) is 157 Å². The number of Topliss-reactive ketones (excluding diaryl/α,β-unsaturated/α-hetero) is 1. The molecule has 1 heterocycles. The predicted molar refractivity (Wildman–Crippen MR) is 167 cm³/mol. The zero-order valence-corrected chi connectivity index (χ0v) is 27.2. The van der Waals surface area contributed by atoms with Gasteiger partial charge in [-0.3, -0.25) is 14.4 Å². The van der Waals surface area contributed by atoms with E-state index < -0.39 is 48.1 Å². The van der Waals surface area contributed by atoms with Crippen LogP contribution < -0.4 is 11.1 Å². The number of aliphatic hydroxyl groups excluding tert-OH is 1. The molecule has 2 amide bonds. The fourth-order valence-corrected chi connectivity index (χ4v) is 5.49. The Hall–Kier alpha value is -3.38. The quantitative estimate of drug-likeness (QED) is 0.289. The number of rotatable bonds is 7. The number of allylic oxidation sites excluding steroid dienone is 5. The highest BCUT2D eigenvalue weighted by Crippen LogP contribution is 2.31. The van der Waals surface area contributed by atoms with Gasteiger partial charge in [-0.05, 0) is 71.7 Å². The molecule has 44 heavy (non-hydrogen) atoms. The Morgan fingerprint density at radius 2 is 1.82 bits per heavy atom. The van der Waals surface area contributed by atoms with Crippen LogP contribution in [0.2, 0.25) is 0 Å². The molecule has 0 saturated heterocycles. The number of carbonyl (C=O) groups excluding carboxylic acids is 4. The van der Waals surface area contributed by atoms with E-state index in [2.05, 4.69) is 5.32 Å².